The van der Waals surface area contributed by atoms with Crippen molar-refractivity contribution in [1.82, 2.24) is 5.32 Å². The van der Waals surface area contributed by atoms with Gasteiger partial charge in [-0.1, -0.05) is 6.42 Å². The highest BCUT2D eigenvalue weighted by atomic mass is 16.5. The average Bonchev–Trinajstić information content (AvgIpc) is 2.96. The van der Waals surface area contributed by atoms with Crippen molar-refractivity contribution in [3.63, 3.8) is 0 Å². The summed E-state index contributed by atoms with van der Waals surface area (Å²) in [6.07, 6.45) is 7.63. The number of esters is 1. The predicted molar refractivity (Wildman–Crippen MR) is 80.2 cm³/mol. The molecule has 1 saturated heterocycles. The lowest BCUT2D eigenvalue weighted by molar-refractivity contribution is -0.150. The highest BCUT2D eigenvalue weighted by molar-refractivity contribution is 5.81. The Labute approximate surface area is 127 Å². The maximum atomic E-state index is 12.1. The summed E-state index contributed by atoms with van der Waals surface area (Å²) in [5.74, 6) is 0.158. The van der Waals surface area contributed by atoms with E-state index in [-0.39, 0.29) is 12.1 Å². The molecule has 0 aromatic rings. The molecule has 1 aliphatic carbocycles. The first kappa shape index (κ1) is 16.7. The Morgan fingerprint density at radius 3 is 2.86 bits per heavy atom. The Morgan fingerprint density at radius 2 is 2.19 bits per heavy atom. The third-order valence-corrected chi connectivity index (χ3v) is 5.00. The summed E-state index contributed by atoms with van der Waals surface area (Å²) in [6, 6.07) is 0. The Hall–Kier alpha value is -0.650. The van der Waals surface area contributed by atoms with Gasteiger partial charge in [0, 0.05) is 13.2 Å². The molecule has 5 nitrogen and oxygen atoms in total. The maximum Gasteiger partial charge on any atom is 0.326 e. The zero-order valence-corrected chi connectivity index (χ0v) is 13.4. The van der Waals surface area contributed by atoms with Crippen LogP contribution in [0.3, 0.4) is 0 Å². The van der Waals surface area contributed by atoms with Gasteiger partial charge in [-0.2, -0.15) is 0 Å². The molecule has 1 N–H and O–H groups in total. The Bertz CT molecular complexity index is 330. The van der Waals surface area contributed by atoms with Crippen molar-refractivity contribution in [3.05, 3.63) is 0 Å². The van der Waals surface area contributed by atoms with E-state index in [1.807, 2.05) is 7.05 Å². The van der Waals surface area contributed by atoms with Gasteiger partial charge in [0.25, 0.3) is 0 Å². The minimum Gasteiger partial charge on any atom is -0.468 e. The van der Waals surface area contributed by atoms with Crippen molar-refractivity contribution in [2.75, 3.05) is 34.0 Å². The fourth-order valence-corrected chi connectivity index (χ4v) is 3.73. The van der Waals surface area contributed by atoms with Gasteiger partial charge in [0.1, 0.15) is 5.54 Å². The first-order valence-corrected chi connectivity index (χ1v) is 8.19. The van der Waals surface area contributed by atoms with Crippen LogP contribution < -0.4 is 5.32 Å². The quantitative estimate of drug-likeness (QED) is 0.575. The molecule has 0 aromatic heterocycles. The summed E-state index contributed by atoms with van der Waals surface area (Å²) in [6.45, 7) is 2.23. The van der Waals surface area contributed by atoms with Gasteiger partial charge in [0.15, 0.2) is 0 Å². The molecular formula is C16H29NO4. The smallest absolute Gasteiger partial charge is 0.326 e. The van der Waals surface area contributed by atoms with Gasteiger partial charge in [-0.25, -0.2) is 0 Å². The molecule has 0 aromatic carbocycles. The first-order chi connectivity index (χ1) is 10.2. The van der Waals surface area contributed by atoms with Gasteiger partial charge in [0.05, 0.1) is 19.8 Å². The van der Waals surface area contributed by atoms with Crippen LogP contribution >= 0.6 is 0 Å². The second kappa shape index (κ2) is 8.11. The van der Waals surface area contributed by atoms with Crippen molar-refractivity contribution in [2.45, 2.75) is 56.6 Å². The Kier molecular flexibility index (Phi) is 6.45. The molecular weight excluding hydrogens is 270 g/mol. The standard InChI is InChI=1S/C16H29NO4/c1-17-16(15(18)19-2)9-5-6-13(16)8-11-20-12-14-7-3-4-10-21-14/h13-14,17H,3-12H2,1-2H3. The number of carbonyl (C=O) groups excluding carboxylic acids is 1. The molecule has 1 saturated carbocycles. The van der Waals surface area contributed by atoms with Gasteiger partial charge in [-0.3, -0.25) is 4.79 Å². The van der Waals surface area contributed by atoms with E-state index in [1.165, 1.54) is 20.0 Å². The number of hydrogen-bond acceptors (Lipinski definition) is 5. The van der Waals surface area contributed by atoms with Gasteiger partial charge in [-0.05, 0) is 51.5 Å². The third-order valence-electron chi connectivity index (χ3n) is 5.00. The molecule has 2 aliphatic rings. The van der Waals surface area contributed by atoms with Crippen LogP contribution in [-0.4, -0.2) is 51.6 Å². The van der Waals surface area contributed by atoms with Crippen LogP contribution in [0, 0.1) is 5.92 Å². The Balaban J connectivity index is 1.74. The van der Waals surface area contributed by atoms with Crippen LogP contribution in [-0.2, 0) is 19.0 Å². The summed E-state index contributed by atoms with van der Waals surface area (Å²) in [4.78, 5) is 12.1. The predicted octanol–water partition coefficient (Wildman–Crippen LogP) is 1.89. The zero-order chi connectivity index (χ0) is 15.1. The maximum absolute atomic E-state index is 12.1. The number of likely N-dealkylation sites (N-methyl/N-ethyl adjacent to an activating group) is 1. The highest BCUT2D eigenvalue weighted by Crippen LogP contribution is 2.38. The van der Waals surface area contributed by atoms with E-state index in [0.717, 1.165) is 38.7 Å². The second-order valence-electron chi connectivity index (χ2n) is 6.15. The number of carbonyl (C=O) groups is 1. The normalized spacial score (nSPS) is 33.0. The summed E-state index contributed by atoms with van der Waals surface area (Å²) < 4.78 is 16.4. The molecule has 0 bridgehead atoms. The summed E-state index contributed by atoms with van der Waals surface area (Å²) in [5, 5.41) is 3.21. The first-order valence-electron chi connectivity index (χ1n) is 8.19. The summed E-state index contributed by atoms with van der Waals surface area (Å²) >= 11 is 0. The SMILES string of the molecule is CNC1(C(=O)OC)CCCC1CCOCC1CCCCO1. The van der Waals surface area contributed by atoms with E-state index < -0.39 is 5.54 Å². The number of nitrogens with one attached hydrogen (secondary N) is 1. The lowest BCUT2D eigenvalue weighted by Crippen LogP contribution is -2.54. The van der Waals surface area contributed by atoms with Crippen molar-refractivity contribution >= 4 is 5.97 Å². The molecule has 21 heavy (non-hydrogen) atoms. The third kappa shape index (κ3) is 3.96. The lowest BCUT2D eigenvalue weighted by atomic mass is 9.85. The second-order valence-corrected chi connectivity index (χ2v) is 6.15. The summed E-state index contributed by atoms with van der Waals surface area (Å²) in [5.41, 5.74) is -0.514. The van der Waals surface area contributed by atoms with Crippen LogP contribution in [0.15, 0.2) is 0 Å². The number of ether oxygens (including phenoxy) is 3. The van der Waals surface area contributed by atoms with E-state index >= 15 is 0 Å². The van der Waals surface area contributed by atoms with Crippen LogP contribution in [0.5, 0.6) is 0 Å². The van der Waals surface area contributed by atoms with Crippen molar-refractivity contribution in [3.8, 4) is 0 Å². The largest absolute Gasteiger partial charge is 0.468 e. The summed E-state index contributed by atoms with van der Waals surface area (Å²) in [7, 11) is 3.32. The molecule has 3 atom stereocenters. The number of methoxy groups -OCH3 is 1. The van der Waals surface area contributed by atoms with Crippen LogP contribution in [0.2, 0.25) is 0 Å². The zero-order valence-electron chi connectivity index (χ0n) is 13.4. The average molecular weight is 299 g/mol. The molecule has 122 valence electrons. The van der Waals surface area contributed by atoms with Gasteiger partial charge in [0.2, 0.25) is 0 Å². The van der Waals surface area contributed by atoms with Crippen LogP contribution in [0.4, 0.5) is 0 Å². The lowest BCUT2D eigenvalue weighted by Gasteiger charge is -2.32. The molecule has 5 heteroatoms. The van der Waals surface area contributed by atoms with E-state index in [0.29, 0.717) is 19.1 Å². The molecule has 0 spiro atoms. The molecule has 1 aliphatic heterocycles. The van der Waals surface area contributed by atoms with Crippen LogP contribution in [0.1, 0.15) is 44.9 Å². The van der Waals surface area contributed by atoms with Crippen molar-refractivity contribution in [1.29, 1.82) is 0 Å². The van der Waals surface area contributed by atoms with Gasteiger partial charge >= 0.3 is 5.97 Å². The molecule has 3 unspecified atom stereocenters. The number of rotatable bonds is 7. The van der Waals surface area contributed by atoms with Gasteiger partial charge in [-0.15, -0.1) is 0 Å². The number of hydrogen-bond donors (Lipinski definition) is 1. The van der Waals surface area contributed by atoms with Crippen molar-refractivity contribution < 1.29 is 19.0 Å². The molecule has 1 heterocycles. The van der Waals surface area contributed by atoms with E-state index in [9.17, 15) is 4.79 Å². The fourth-order valence-electron chi connectivity index (χ4n) is 3.73. The van der Waals surface area contributed by atoms with Crippen molar-refractivity contribution in [2.24, 2.45) is 5.92 Å². The van der Waals surface area contributed by atoms with E-state index in [1.54, 1.807) is 0 Å². The molecule has 2 fully saturated rings. The topological polar surface area (TPSA) is 56.8 Å². The minimum atomic E-state index is -0.514. The minimum absolute atomic E-state index is 0.136. The van der Waals surface area contributed by atoms with E-state index in [2.05, 4.69) is 5.32 Å². The van der Waals surface area contributed by atoms with E-state index in [4.69, 9.17) is 14.2 Å². The van der Waals surface area contributed by atoms with Crippen LogP contribution in [0.25, 0.3) is 0 Å². The monoisotopic (exact) mass is 299 g/mol. The fraction of sp³-hybridized carbons (Fsp3) is 0.938. The Morgan fingerprint density at radius 1 is 1.33 bits per heavy atom. The molecule has 2 rings (SSSR count). The molecule has 0 radical (unpaired) electrons. The highest BCUT2D eigenvalue weighted by Gasteiger charge is 2.48. The molecule has 0 amide bonds. The van der Waals surface area contributed by atoms with Gasteiger partial charge < -0.3 is 19.5 Å².